The Morgan fingerprint density at radius 2 is 2.23 bits per heavy atom. The smallest absolute Gasteiger partial charge is 0.279 e. The topological polar surface area (TPSA) is 76.9 Å². The summed E-state index contributed by atoms with van der Waals surface area (Å²) < 4.78 is 28.2. The third-order valence-corrected chi connectivity index (χ3v) is 5.81. The molecule has 2 atom stereocenters. The average Bonchev–Trinajstić information content (AvgIpc) is 2.79. The third-order valence-electron chi connectivity index (χ3n) is 3.80. The van der Waals surface area contributed by atoms with Gasteiger partial charge in [-0.25, -0.2) is 8.42 Å². The van der Waals surface area contributed by atoms with E-state index in [4.69, 9.17) is 16.3 Å². The highest BCUT2D eigenvalue weighted by atomic mass is 35.5. The molecular weight excluding hydrogens is 328 g/mol. The monoisotopic (exact) mass is 347 g/mol. The van der Waals surface area contributed by atoms with Gasteiger partial charge in [-0.15, -0.1) is 0 Å². The van der Waals surface area contributed by atoms with Crippen molar-refractivity contribution in [3.05, 3.63) is 23.2 Å². The van der Waals surface area contributed by atoms with Crippen molar-refractivity contribution in [3.8, 4) is 5.75 Å². The number of anilines is 1. The number of sulfone groups is 1. The van der Waals surface area contributed by atoms with Gasteiger partial charge in [-0.2, -0.15) is 0 Å². The van der Waals surface area contributed by atoms with E-state index in [2.05, 4.69) is 5.32 Å². The van der Waals surface area contributed by atoms with Crippen LogP contribution in [0.1, 0.15) is 6.42 Å². The third kappa shape index (κ3) is 4.34. The predicted molar refractivity (Wildman–Crippen MR) is 85.4 cm³/mol. The number of halogens is 1. The first-order valence-corrected chi connectivity index (χ1v) is 9.17. The van der Waals surface area contributed by atoms with E-state index in [0.717, 1.165) is 4.90 Å². The van der Waals surface area contributed by atoms with Crippen LogP contribution in [0, 0.1) is 0 Å². The highest BCUT2D eigenvalue weighted by Gasteiger charge is 2.34. The van der Waals surface area contributed by atoms with Crippen LogP contribution >= 0.6 is 11.6 Å². The maximum Gasteiger partial charge on any atom is 0.279 e. The van der Waals surface area contributed by atoms with Gasteiger partial charge in [0, 0.05) is 11.4 Å². The van der Waals surface area contributed by atoms with Crippen LogP contribution in [0.15, 0.2) is 18.2 Å². The van der Waals surface area contributed by atoms with Crippen molar-refractivity contribution in [2.75, 3.05) is 37.5 Å². The zero-order chi connectivity index (χ0) is 16.3. The number of amides is 1. The molecule has 0 radical (unpaired) electrons. The molecule has 22 heavy (non-hydrogen) atoms. The molecule has 2 N–H and O–H groups in total. The number of ether oxygens (including phenoxy) is 1. The first-order valence-electron chi connectivity index (χ1n) is 6.97. The molecule has 0 aliphatic carbocycles. The van der Waals surface area contributed by atoms with Crippen LogP contribution in [0.3, 0.4) is 0 Å². The number of quaternary nitrogens is 1. The van der Waals surface area contributed by atoms with Gasteiger partial charge in [-0.05, 0) is 18.2 Å². The lowest BCUT2D eigenvalue weighted by molar-refractivity contribution is -0.894. The number of benzene rings is 1. The zero-order valence-corrected chi connectivity index (χ0v) is 14.1. The van der Waals surface area contributed by atoms with E-state index >= 15 is 0 Å². The quantitative estimate of drug-likeness (QED) is 0.785. The molecule has 6 nitrogen and oxygen atoms in total. The van der Waals surface area contributed by atoms with Crippen LogP contribution in [0.4, 0.5) is 5.69 Å². The summed E-state index contributed by atoms with van der Waals surface area (Å²) in [5.41, 5.74) is 0.506. The van der Waals surface area contributed by atoms with E-state index < -0.39 is 9.84 Å². The first-order chi connectivity index (χ1) is 10.3. The number of hydrogen-bond donors (Lipinski definition) is 2. The fraction of sp³-hybridized carbons (Fsp3) is 0.500. The van der Waals surface area contributed by atoms with Crippen LogP contribution < -0.4 is 15.0 Å². The Labute approximate surface area is 135 Å². The van der Waals surface area contributed by atoms with Crippen LogP contribution in [0.2, 0.25) is 5.02 Å². The van der Waals surface area contributed by atoms with Crippen molar-refractivity contribution in [1.29, 1.82) is 0 Å². The maximum absolute atomic E-state index is 12.1. The van der Waals surface area contributed by atoms with Crippen molar-refractivity contribution in [2.24, 2.45) is 0 Å². The standard InChI is InChI=1S/C14H19ClN2O4S/c1-17(11-5-6-22(19,20)9-11)8-14(18)16-12-7-10(15)3-4-13(12)21-2/h3-4,7,11H,5-6,8-9H2,1-2H3,(H,16,18)/p+1/t11-/m0/s1. The van der Waals surface area contributed by atoms with Crippen molar-refractivity contribution in [3.63, 3.8) is 0 Å². The SMILES string of the molecule is COc1ccc(Cl)cc1NC(=O)C[NH+](C)[C@H]1CCS(=O)(=O)C1. The number of nitrogens with one attached hydrogen (secondary N) is 2. The Bertz CT molecular complexity index is 663. The van der Waals surface area contributed by atoms with Gasteiger partial charge in [0.1, 0.15) is 17.5 Å². The van der Waals surface area contributed by atoms with Crippen LogP contribution in [0.25, 0.3) is 0 Å². The van der Waals surface area contributed by atoms with E-state index in [1.165, 1.54) is 7.11 Å². The minimum absolute atomic E-state index is 0.0305. The fourth-order valence-electron chi connectivity index (χ4n) is 2.55. The average molecular weight is 348 g/mol. The molecule has 122 valence electrons. The highest BCUT2D eigenvalue weighted by molar-refractivity contribution is 7.91. The summed E-state index contributed by atoms with van der Waals surface area (Å²) in [6.45, 7) is 0.190. The van der Waals surface area contributed by atoms with E-state index in [-0.39, 0.29) is 30.0 Å². The lowest BCUT2D eigenvalue weighted by atomic mass is 10.2. The van der Waals surface area contributed by atoms with Gasteiger partial charge < -0.3 is 15.0 Å². The van der Waals surface area contributed by atoms with Gasteiger partial charge in [0.2, 0.25) is 0 Å². The lowest BCUT2D eigenvalue weighted by Crippen LogP contribution is -3.14. The predicted octanol–water partition coefficient (Wildman–Crippen LogP) is -0.0111. The molecule has 1 unspecified atom stereocenters. The molecular formula is C14H20ClN2O4S+. The number of methoxy groups -OCH3 is 1. The Hall–Kier alpha value is -1.31. The van der Waals surface area contributed by atoms with Crippen molar-refractivity contribution in [2.45, 2.75) is 12.5 Å². The molecule has 2 rings (SSSR count). The van der Waals surface area contributed by atoms with Crippen molar-refractivity contribution >= 4 is 33.0 Å². The number of hydrogen-bond acceptors (Lipinski definition) is 4. The maximum atomic E-state index is 12.1. The van der Waals surface area contributed by atoms with E-state index in [1.54, 1.807) is 18.2 Å². The summed E-state index contributed by atoms with van der Waals surface area (Å²) in [6.07, 6.45) is 0.599. The number of likely N-dealkylation sites (N-methyl/N-ethyl adjacent to an activating group) is 1. The molecule has 1 saturated heterocycles. The molecule has 0 bridgehead atoms. The summed E-state index contributed by atoms with van der Waals surface area (Å²) in [4.78, 5) is 13.0. The van der Waals surface area contributed by atoms with Gasteiger partial charge in [-0.1, -0.05) is 11.6 Å². The molecule has 1 aliphatic rings. The zero-order valence-electron chi connectivity index (χ0n) is 12.6. The highest BCUT2D eigenvalue weighted by Crippen LogP contribution is 2.27. The number of rotatable bonds is 5. The summed E-state index contributed by atoms with van der Waals surface area (Å²) in [5, 5.41) is 3.26. The largest absolute Gasteiger partial charge is 0.495 e. The second kappa shape index (κ2) is 6.85. The van der Waals surface area contributed by atoms with Crippen LogP contribution in [-0.4, -0.2) is 52.6 Å². The molecule has 0 saturated carbocycles. The molecule has 1 fully saturated rings. The van der Waals surface area contributed by atoms with Crippen LogP contribution in [-0.2, 0) is 14.6 Å². The van der Waals surface area contributed by atoms with Crippen molar-refractivity contribution < 1.29 is 22.8 Å². The molecule has 1 aromatic rings. The minimum atomic E-state index is -2.94. The van der Waals surface area contributed by atoms with Gasteiger partial charge >= 0.3 is 0 Å². The minimum Gasteiger partial charge on any atom is -0.495 e. The second-order valence-electron chi connectivity index (χ2n) is 5.52. The first kappa shape index (κ1) is 17.1. The normalized spacial score (nSPS) is 21.3. The lowest BCUT2D eigenvalue weighted by Gasteiger charge is -2.19. The van der Waals surface area contributed by atoms with E-state index in [1.807, 2.05) is 7.05 Å². The van der Waals surface area contributed by atoms with Crippen LogP contribution in [0.5, 0.6) is 5.75 Å². The Balaban J connectivity index is 1.97. The molecule has 1 amide bonds. The molecule has 8 heteroatoms. The number of carbonyl (C=O) groups excluding carboxylic acids is 1. The van der Waals surface area contributed by atoms with Gasteiger partial charge in [-0.3, -0.25) is 4.79 Å². The fourth-order valence-corrected chi connectivity index (χ4v) is 4.60. The summed E-state index contributed by atoms with van der Waals surface area (Å²) >= 11 is 5.92. The molecule has 0 spiro atoms. The van der Waals surface area contributed by atoms with Gasteiger partial charge in [0.25, 0.3) is 5.91 Å². The van der Waals surface area contributed by atoms with Gasteiger partial charge in [0.15, 0.2) is 16.4 Å². The Kier molecular flexibility index (Phi) is 5.31. The van der Waals surface area contributed by atoms with E-state index in [9.17, 15) is 13.2 Å². The second-order valence-corrected chi connectivity index (χ2v) is 8.18. The summed E-state index contributed by atoms with van der Waals surface area (Å²) in [5.74, 6) is 0.673. The van der Waals surface area contributed by atoms with Crippen molar-refractivity contribution in [1.82, 2.24) is 0 Å². The Morgan fingerprint density at radius 3 is 2.82 bits per heavy atom. The van der Waals surface area contributed by atoms with Gasteiger partial charge in [0.05, 0.1) is 25.6 Å². The van der Waals surface area contributed by atoms with E-state index in [0.29, 0.717) is 22.9 Å². The Morgan fingerprint density at radius 1 is 1.50 bits per heavy atom. The molecule has 1 aromatic carbocycles. The summed E-state index contributed by atoms with van der Waals surface area (Å²) in [6, 6.07) is 4.94. The molecule has 1 heterocycles. The summed E-state index contributed by atoms with van der Waals surface area (Å²) in [7, 11) is 0.406. The molecule has 1 aliphatic heterocycles. The number of carbonyl (C=O) groups is 1. The molecule has 0 aromatic heterocycles.